The maximum atomic E-state index is 13.5. The molecule has 0 spiro atoms. The summed E-state index contributed by atoms with van der Waals surface area (Å²) in [5.74, 6) is -0.288. The van der Waals surface area contributed by atoms with Gasteiger partial charge in [-0.1, -0.05) is 91.0 Å². The van der Waals surface area contributed by atoms with Crippen LogP contribution in [0.2, 0.25) is 0 Å². The molecule has 0 bridgehead atoms. The quantitative estimate of drug-likeness (QED) is 0.0872. The number of hydrogen-bond donors (Lipinski definition) is 6. The van der Waals surface area contributed by atoms with Gasteiger partial charge in [-0.15, -0.1) is 0 Å². The minimum atomic E-state index is -1.12. The van der Waals surface area contributed by atoms with E-state index in [1.807, 2.05) is 83.8 Å². The first-order valence-electron chi connectivity index (χ1n) is 17.4. The summed E-state index contributed by atoms with van der Waals surface area (Å²) in [5.41, 5.74) is 6.54. The third-order valence-corrected chi connectivity index (χ3v) is 10.4. The van der Waals surface area contributed by atoms with Crippen molar-refractivity contribution in [1.82, 2.24) is 5.32 Å². The topological polar surface area (TPSA) is 126 Å². The van der Waals surface area contributed by atoms with Crippen molar-refractivity contribution in [3.63, 3.8) is 0 Å². The molecule has 7 atom stereocenters. The van der Waals surface area contributed by atoms with Gasteiger partial charge in [-0.25, -0.2) is 4.39 Å². The molecule has 0 aliphatic carbocycles. The first-order valence-corrected chi connectivity index (χ1v) is 17.9. The maximum Gasteiger partial charge on any atom is 0.174 e. The van der Waals surface area contributed by atoms with Crippen molar-refractivity contribution in [3.8, 4) is 28.0 Å². The zero-order valence-electron chi connectivity index (χ0n) is 28.3. The lowest BCUT2D eigenvalue weighted by molar-refractivity contribution is -0.179. The van der Waals surface area contributed by atoms with Gasteiger partial charge in [0, 0.05) is 17.7 Å². The van der Waals surface area contributed by atoms with E-state index in [0.717, 1.165) is 27.9 Å². The fraction of sp³-hybridized carbons (Fsp3) is 0.262. The van der Waals surface area contributed by atoms with Crippen molar-refractivity contribution in [2.45, 2.75) is 61.9 Å². The summed E-state index contributed by atoms with van der Waals surface area (Å²) >= 11 is 5.90. The molecule has 0 aromatic heterocycles. The molecule has 5 aromatic rings. The lowest BCUT2D eigenvalue weighted by atomic mass is 9.90. The number of benzene rings is 5. The van der Waals surface area contributed by atoms with Gasteiger partial charge in [0.1, 0.15) is 23.8 Å². The summed E-state index contributed by atoms with van der Waals surface area (Å²) in [5, 5.41) is 57.0. The predicted octanol–water partition coefficient (Wildman–Crippen LogP) is 6.73. The number of aliphatic hydroxyl groups is 4. The van der Waals surface area contributed by atoms with Crippen molar-refractivity contribution in [1.29, 1.82) is 0 Å². The molecule has 2 saturated heterocycles. The minimum absolute atomic E-state index is 0.0769. The third kappa shape index (κ3) is 7.45. The van der Waals surface area contributed by atoms with E-state index in [2.05, 4.69) is 17.4 Å². The summed E-state index contributed by atoms with van der Waals surface area (Å²) in [6.45, 7) is -0.253. The van der Waals surface area contributed by atoms with Gasteiger partial charge < -0.3 is 40.5 Å². The molecule has 0 radical (unpaired) electrons. The average molecular weight is 721 g/mol. The normalized spacial score (nSPS) is 23.7. The molecule has 2 fully saturated rings. The van der Waals surface area contributed by atoms with Crippen molar-refractivity contribution in [3.05, 3.63) is 144 Å². The van der Waals surface area contributed by atoms with E-state index >= 15 is 0 Å². The summed E-state index contributed by atoms with van der Waals surface area (Å²) in [6.07, 6.45) is -3.24. The molecular formula is C42H41FN2O6S. The average Bonchev–Trinajstić information content (AvgIpc) is 3.50. The summed E-state index contributed by atoms with van der Waals surface area (Å²) in [4.78, 5) is 2.01. The number of thiocarbonyl (C=S) groups is 1. The Morgan fingerprint density at radius 2 is 1.46 bits per heavy atom. The van der Waals surface area contributed by atoms with Gasteiger partial charge >= 0.3 is 0 Å². The van der Waals surface area contributed by atoms with E-state index in [-0.39, 0.29) is 30.6 Å². The minimum Gasteiger partial charge on any atom is -0.508 e. The van der Waals surface area contributed by atoms with Crippen molar-refractivity contribution in [2.75, 3.05) is 11.5 Å². The maximum absolute atomic E-state index is 13.5. The van der Waals surface area contributed by atoms with Gasteiger partial charge in [-0.2, -0.15) is 0 Å². The highest BCUT2D eigenvalue weighted by atomic mass is 32.1. The fourth-order valence-corrected chi connectivity index (χ4v) is 7.67. The van der Waals surface area contributed by atoms with E-state index in [4.69, 9.17) is 17.0 Å². The number of rotatable bonds is 10. The lowest BCUT2D eigenvalue weighted by Gasteiger charge is -2.36. The number of aromatic hydroxyl groups is 1. The molecule has 2 aliphatic rings. The van der Waals surface area contributed by atoms with Crippen LogP contribution in [-0.2, 0) is 4.74 Å². The second-order valence-corrected chi connectivity index (χ2v) is 13.9. The summed E-state index contributed by atoms with van der Waals surface area (Å²) in [7, 11) is 0. The number of aliphatic hydroxyl groups excluding tert-OH is 4. The van der Waals surface area contributed by atoms with Crippen LogP contribution in [0.1, 0.15) is 54.2 Å². The molecule has 8 nitrogen and oxygen atoms in total. The molecule has 7 rings (SSSR count). The highest BCUT2D eigenvalue weighted by Crippen LogP contribution is 2.42. The van der Waals surface area contributed by atoms with E-state index in [1.165, 1.54) is 12.1 Å². The van der Waals surface area contributed by atoms with Crippen LogP contribution in [0.4, 0.5) is 10.1 Å². The zero-order valence-corrected chi connectivity index (χ0v) is 29.1. The first kappa shape index (κ1) is 35.7. The Kier molecular flexibility index (Phi) is 10.7. The number of nitrogens with zero attached hydrogens (tertiary/aromatic N) is 1. The molecule has 6 N–H and O–H groups in total. The highest BCUT2D eigenvalue weighted by Gasteiger charge is 2.41. The molecular weight excluding hydrogens is 680 g/mol. The van der Waals surface area contributed by atoms with Crippen molar-refractivity contribution < 1.29 is 34.7 Å². The van der Waals surface area contributed by atoms with E-state index in [9.17, 15) is 29.9 Å². The van der Waals surface area contributed by atoms with E-state index in [1.54, 1.807) is 18.2 Å². The van der Waals surface area contributed by atoms with Gasteiger partial charge in [0.05, 0.1) is 37.0 Å². The summed E-state index contributed by atoms with van der Waals surface area (Å²) < 4.78 is 19.4. The number of halogens is 1. The number of hydrogen-bond acceptors (Lipinski definition) is 7. The number of ether oxygens (including phenoxy) is 1. The Balaban J connectivity index is 1.17. The molecule has 52 heavy (non-hydrogen) atoms. The summed E-state index contributed by atoms with van der Waals surface area (Å²) in [6, 6.07) is 36.2. The number of anilines is 1. The Morgan fingerprint density at radius 1 is 0.827 bits per heavy atom. The SMILES string of the molecule is OCC1CC(O)C(O)C(c2ccc(-c3ccc(C4C(CCC(O)c5ccc(F)cc5)NC(=S)N4c4ccc(-c5ccccc5)cc4)c(O)c3)cc2)O1. The number of phenols is 1. The van der Waals surface area contributed by atoms with Crippen molar-refractivity contribution in [2.24, 2.45) is 0 Å². The lowest BCUT2D eigenvalue weighted by Crippen LogP contribution is -2.44. The standard InChI is InChI=1S/C42H41FN2O6S/c43-31-15-10-28(11-16-31)36(47)21-20-35-39(45(42(52)44-35)32-17-12-26(13-18-32)25-4-2-1-3-5-25)34-19-14-30(22-37(34)48)27-6-8-29(9-7-27)41-40(50)38(49)23-33(24-46)51-41/h1-19,22,33,35-36,38-41,46-50H,20-21,23-24H2,(H,44,52). The fourth-order valence-electron chi connectivity index (χ4n) is 7.30. The van der Waals surface area contributed by atoms with Crippen LogP contribution in [0.25, 0.3) is 22.3 Å². The van der Waals surface area contributed by atoms with Crippen LogP contribution in [0.3, 0.4) is 0 Å². The van der Waals surface area contributed by atoms with Gasteiger partial charge in [0.25, 0.3) is 0 Å². The van der Waals surface area contributed by atoms with Crippen LogP contribution < -0.4 is 10.2 Å². The van der Waals surface area contributed by atoms with Crippen LogP contribution in [0.15, 0.2) is 121 Å². The number of phenolic OH excluding ortho intramolecular Hbond substituents is 1. The largest absolute Gasteiger partial charge is 0.508 e. The zero-order chi connectivity index (χ0) is 36.4. The predicted molar refractivity (Wildman–Crippen MR) is 202 cm³/mol. The molecule has 268 valence electrons. The smallest absolute Gasteiger partial charge is 0.174 e. The Bertz CT molecular complexity index is 1980. The van der Waals surface area contributed by atoms with Gasteiger partial charge in [0.2, 0.25) is 0 Å². The van der Waals surface area contributed by atoms with Crippen LogP contribution in [-0.4, -0.2) is 61.6 Å². The highest BCUT2D eigenvalue weighted by molar-refractivity contribution is 7.80. The first-order chi connectivity index (χ1) is 25.2. The Labute approximate surface area is 307 Å². The molecule has 0 saturated carbocycles. The molecule has 5 aromatic carbocycles. The van der Waals surface area contributed by atoms with Crippen LogP contribution in [0, 0.1) is 5.82 Å². The second-order valence-electron chi connectivity index (χ2n) is 13.5. The Hall–Kier alpha value is -4.68. The van der Waals surface area contributed by atoms with E-state index in [0.29, 0.717) is 34.6 Å². The molecule has 0 amide bonds. The Morgan fingerprint density at radius 3 is 2.13 bits per heavy atom. The molecule has 7 unspecified atom stereocenters. The molecule has 2 aliphatic heterocycles. The monoisotopic (exact) mass is 720 g/mol. The third-order valence-electron chi connectivity index (χ3n) is 10.1. The van der Waals surface area contributed by atoms with Gasteiger partial charge in [0.15, 0.2) is 5.11 Å². The second kappa shape index (κ2) is 15.5. The molecule has 10 heteroatoms. The van der Waals surface area contributed by atoms with E-state index < -0.39 is 36.6 Å². The van der Waals surface area contributed by atoms with Crippen LogP contribution in [0.5, 0.6) is 5.75 Å². The van der Waals surface area contributed by atoms with Gasteiger partial charge in [-0.3, -0.25) is 0 Å². The molecule has 2 heterocycles. The van der Waals surface area contributed by atoms with Crippen molar-refractivity contribution >= 4 is 23.0 Å². The van der Waals surface area contributed by atoms with Crippen LogP contribution >= 0.6 is 12.2 Å². The van der Waals surface area contributed by atoms with Gasteiger partial charge in [-0.05, 0) is 88.8 Å². The number of nitrogens with one attached hydrogen (secondary N) is 1.